The molecule has 0 bridgehead atoms. The van der Waals surface area contributed by atoms with Crippen LogP contribution in [0.1, 0.15) is 39.1 Å². The highest BCUT2D eigenvalue weighted by Gasteiger charge is 2.41. The maximum Gasteiger partial charge on any atom is 0.0738 e. The van der Waals surface area contributed by atoms with Crippen LogP contribution >= 0.6 is 15.9 Å². The molecule has 5 atom stereocenters. The fraction of sp³-hybridized carbons (Fsp3) is 0.812. The molecule has 2 rings (SSSR count). The van der Waals surface area contributed by atoms with E-state index >= 15 is 0 Å². The Labute approximate surface area is 136 Å². The summed E-state index contributed by atoms with van der Waals surface area (Å²) in [6, 6.07) is 0.413. The zero-order valence-electron chi connectivity index (χ0n) is 14.0. The van der Waals surface area contributed by atoms with E-state index in [-0.39, 0.29) is 0 Å². The van der Waals surface area contributed by atoms with Gasteiger partial charge in [0.25, 0.3) is 0 Å². The van der Waals surface area contributed by atoms with Crippen LogP contribution in [-0.4, -0.2) is 34.6 Å². The predicted octanol–water partition coefficient (Wildman–Crippen LogP) is 3.07. The molecule has 1 N–H and O–H groups in total. The van der Waals surface area contributed by atoms with E-state index in [4.69, 9.17) is 4.74 Å². The summed E-state index contributed by atoms with van der Waals surface area (Å²) in [4.78, 5) is 0. The number of aryl methyl sites for hydroxylation is 2. The summed E-state index contributed by atoms with van der Waals surface area (Å²) in [5, 5.41) is 8.19. The fourth-order valence-corrected chi connectivity index (χ4v) is 4.20. The highest BCUT2D eigenvalue weighted by molar-refractivity contribution is 9.10. The molecular weight excluding hydrogens is 330 g/mol. The summed E-state index contributed by atoms with van der Waals surface area (Å²) in [6.45, 7) is 11.9. The SMILES string of the molecule is CCNC(Cc1c(Br)c(C)nn1C)C1C(C)OC(C)C1C. The van der Waals surface area contributed by atoms with Crippen molar-refractivity contribution < 1.29 is 4.74 Å². The Morgan fingerprint density at radius 1 is 1.33 bits per heavy atom. The maximum absolute atomic E-state index is 6.04. The maximum atomic E-state index is 6.04. The molecule has 5 heteroatoms. The van der Waals surface area contributed by atoms with Crippen molar-refractivity contribution in [2.45, 2.75) is 59.3 Å². The molecule has 5 unspecified atom stereocenters. The van der Waals surface area contributed by atoms with E-state index in [1.807, 2.05) is 18.7 Å². The highest BCUT2D eigenvalue weighted by atomic mass is 79.9. The standard InChI is InChI=1S/C16H28BrN3O/c1-7-18-13(15-9(2)11(4)21-12(15)5)8-14-16(17)10(3)19-20(14)6/h9,11-13,15,18H,7-8H2,1-6H3. The van der Waals surface area contributed by atoms with Gasteiger partial charge in [0.15, 0.2) is 0 Å². The van der Waals surface area contributed by atoms with E-state index in [0.29, 0.717) is 30.1 Å². The Kier molecular flexibility index (Phi) is 5.49. The summed E-state index contributed by atoms with van der Waals surface area (Å²) in [5.41, 5.74) is 2.32. The number of likely N-dealkylation sites (N-methyl/N-ethyl adjacent to an activating group) is 1. The fourth-order valence-electron chi connectivity index (χ4n) is 3.70. The molecule has 1 aliphatic heterocycles. The molecule has 1 fully saturated rings. The van der Waals surface area contributed by atoms with Crippen LogP contribution in [0.15, 0.2) is 4.47 Å². The average Bonchev–Trinajstić information content (AvgIpc) is 2.80. The quantitative estimate of drug-likeness (QED) is 0.879. The minimum atomic E-state index is 0.298. The van der Waals surface area contributed by atoms with Crippen molar-refractivity contribution in [3.8, 4) is 0 Å². The van der Waals surface area contributed by atoms with Gasteiger partial charge >= 0.3 is 0 Å². The van der Waals surface area contributed by atoms with Gasteiger partial charge < -0.3 is 10.1 Å². The van der Waals surface area contributed by atoms with Gasteiger partial charge in [-0.1, -0.05) is 13.8 Å². The third-order valence-electron chi connectivity index (χ3n) is 4.92. The largest absolute Gasteiger partial charge is 0.375 e. The van der Waals surface area contributed by atoms with Gasteiger partial charge in [-0.15, -0.1) is 0 Å². The molecule has 0 spiro atoms. The number of hydrogen-bond donors (Lipinski definition) is 1. The Hall–Kier alpha value is -0.390. The molecule has 1 saturated heterocycles. The van der Waals surface area contributed by atoms with Crippen molar-refractivity contribution in [3.63, 3.8) is 0 Å². The molecule has 1 aliphatic rings. The van der Waals surface area contributed by atoms with Crippen molar-refractivity contribution in [1.29, 1.82) is 0 Å². The Bertz CT molecular complexity index is 488. The van der Waals surface area contributed by atoms with Crippen molar-refractivity contribution in [3.05, 3.63) is 15.9 Å². The normalized spacial score (nSPS) is 30.8. The zero-order chi connectivity index (χ0) is 15.7. The van der Waals surface area contributed by atoms with Gasteiger partial charge in [-0.3, -0.25) is 4.68 Å². The second-order valence-electron chi connectivity index (χ2n) is 6.32. The summed E-state index contributed by atoms with van der Waals surface area (Å²) in [5.74, 6) is 1.10. The number of halogens is 1. The van der Waals surface area contributed by atoms with Gasteiger partial charge in [0.1, 0.15) is 0 Å². The van der Waals surface area contributed by atoms with Gasteiger partial charge in [-0.05, 0) is 49.2 Å². The Morgan fingerprint density at radius 3 is 2.43 bits per heavy atom. The lowest BCUT2D eigenvalue weighted by atomic mass is 9.81. The molecule has 120 valence electrons. The first-order valence-electron chi connectivity index (χ1n) is 7.93. The summed E-state index contributed by atoms with van der Waals surface area (Å²) >= 11 is 3.69. The number of nitrogens with zero attached hydrogens (tertiary/aromatic N) is 2. The second-order valence-corrected chi connectivity index (χ2v) is 7.11. The molecule has 2 heterocycles. The summed E-state index contributed by atoms with van der Waals surface area (Å²) in [6.07, 6.45) is 1.61. The number of ether oxygens (including phenoxy) is 1. The predicted molar refractivity (Wildman–Crippen MR) is 89.5 cm³/mol. The first-order valence-corrected chi connectivity index (χ1v) is 8.72. The van der Waals surface area contributed by atoms with Crippen LogP contribution in [0.4, 0.5) is 0 Å². The van der Waals surface area contributed by atoms with Gasteiger partial charge in [-0.25, -0.2) is 0 Å². The van der Waals surface area contributed by atoms with Crippen molar-refractivity contribution >= 4 is 15.9 Å². The van der Waals surface area contributed by atoms with E-state index < -0.39 is 0 Å². The first-order chi connectivity index (χ1) is 9.86. The van der Waals surface area contributed by atoms with Crippen LogP contribution in [0.5, 0.6) is 0 Å². The molecule has 1 aromatic heterocycles. The molecule has 1 aromatic rings. The topological polar surface area (TPSA) is 39.1 Å². The Balaban J connectivity index is 2.23. The zero-order valence-corrected chi connectivity index (χ0v) is 15.6. The monoisotopic (exact) mass is 357 g/mol. The second kappa shape index (κ2) is 6.80. The number of nitrogens with one attached hydrogen (secondary N) is 1. The lowest BCUT2D eigenvalue weighted by Crippen LogP contribution is -2.43. The van der Waals surface area contributed by atoms with Crippen LogP contribution in [0, 0.1) is 18.8 Å². The van der Waals surface area contributed by atoms with Gasteiger partial charge in [0.05, 0.1) is 28.1 Å². The molecule has 0 radical (unpaired) electrons. The van der Waals surface area contributed by atoms with Crippen LogP contribution in [0.25, 0.3) is 0 Å². The molecule has 0 aromatic carbocycles. The molecule has 0 aliphatic carbocycles. The summed E-state index contributed by atoms with van der Waals surface area (Å²) in [7, 11) is 2.02. The third kappa shape index (κ3) is 3.35. The van der Waals surface area contributed by atoms with Crippen molar-refractivity contribution in [2.75, 3.05) is 6.54 Å². The first kappa shape index (κ1) is 17.0. The number of aromatic nitrogens is 2. The van der Waals surface area contributed by atoms with E-state index in [1.54, 1.807) is 0 Å². The van der Waals surface area contributed by atoms with E-state index in [9.17, 15) is 0 Å². The molecule has 0 amide bonds. The van der Waals surface area contributed by atoms with Crippen molar-refractivity contribution in [2.24, 2.45) is 18.9 Å². The van der Waals surface area contributed by atoms with Crippen molar-refractivity contribution in [1.82, 2.24) is 15.1 Å². The van der Waals surface area contributed by atoms with E-state index in [1.165, 1.54) is 5.69 Å². The van der Waals surface area contributed by atoms with Gasteiger partial charge in [-0.2, -0.15) is 5.10 Å². The lowest BCUT2D eigenvalue weighted by Gasteiger charge is -2.30. The van der Waals surface area contributed by atoms with Crippen LogP contribution < -0.4 is 5.32 Å². The van der Waals surface area contributed by atoms with E-state index in [2.05, 4.69) is 54.0 Å². The van der Waals surface area contributed by atoms with E-state index in [0.717, 1.165) is 23.1 Å². The lowest BCUT2D eigenvalue weighted by molar-refractivity contribution is 0.0476. The van der Waals surface area contributed by atoms with Gasteiger partial charge in [0.2, 0.25) is 0 Å². The van der Waals surface area contributed by atoms with Crippen LogP contribution in [-0.2, 0) is 18.2 Å². The van der Waals surface area contributed by atoms with Crippen LogP contribution in [0.3, 0.4) is 0 Å². The number of hydrogen-bond acceptors (Lipinski definition) is 3. The van der Waals surface area contributed by atoms with Crippen LogP contribution in [0.2, 0.25) is 0 Å². The molecule has 0 saturated carbocycles. The molecular formula is C16H28BrN3O. The minimum absolute atomic E-state index is 0.298. The summed E-state index contributed by atoms with van der Waals surface area (Å²) < 4.78 is 9.18. The third-order valence-corrected chi connectivity index (χ3v) is 5.96. The van der Waals surface area contributed by atoms with Gasteiger partial charge in [0, 0.05) is 25.4 Å². The molecule has 4 nitrogen and oxygen atoms in total. The number of rotatable bonds is 5. The molecule has 21 heavy (non-hydrogen) atoms. The average molecular weight is 358 g/mol. The Morgan fingerprint density at radius 2 is 2.00 bits per heavy atom. The minimum Gasteiger partial charge on any atom is -0.375 e. The smallest absolute Gasteiger partial charge is 0.0738 e. The highest BCUT2D eigenvalue weighted by Crippen LogP contribution is 2.36.